The fourth-order valence-corrected chi connectivity index (χ4v) is 2.65. The number of hydrogen-bond donors (Lipinski definition) is 2. The van der Waals surface area contributed by atoms with Crippen molar-refractivity contribution in [2.75, 3.05) is 20.7 Å². The van der Waals surface area contributed by atoms with E-state index >= 15 is 0 Å². The molecule has 1 aromatic heterocycles. The molecule has 27 heavy (non-hydrogen) atoms. The summed E-state index contributed by atoms with van der Waals surface area (Å²) in [4.78, 5) is 8.58. The Morgan fingerprint density at radius 1 is 1.19 bits per heavy atom. The monoisotopic (exact) mass is 370 g/mol. The molecule has 0 saturated heterocycles. The number of aryl methyl sites for hydroxylation is 1. The molecule has 6 nitrogen and oxygen atoms in total. The van der Waals surface area contributed by atoms with E-state index in [9.17, 15) is 0 Å². The first-order valence-corrected chi connectivity index (χ1v) is 9.21. The van der Waals surface area contributed by atoms with E-state index in [1.165, 1.54) is 11.1 Å². The molecule has 0 fully saturated rings. The molecule has 0 radical (unpaired) electrons. The molecule has 0 atom stereocenters. The second-order valence-corrected chi connectivity index (χ2v) is 6.59. The summed E-state index contributed by atoms with van der Waals surface area (Å²) in [5, 5.41) is 6.63. The van der Waals surface area contributed by atoms with Crippen molar-refractivity contribution in [3.05, 3.63) is 53.2 Å². The number of aliphatic imine (C=N–C) groups is 1. The molecule has 0 aliphatic heterocycles. The third kappa shape index (κ3) is 6.81. The van der Waals surface area contributed by atoms with Gasteiger partial charge in [0.1, 0.15) is 5.75 Å². The molecule has 2 N–H and O–H groups in total. The van der Waals surface area contributed by atoms with Crippen LogP contribution in [0, 0.1) is 6.92 Å². The standard InChI is InChI=1S/C21H30N4O2/c1-15(2)27-20-9-7-17(13-24-20)14-25-21(22-4)23-11-10-18-12-16(3)6-8-19(18)26-5/h6-9,12-13,15H,10-11,14H2,1-5H3,(H2,22,23,25). The quantitative estimate of drug-likeness (QED) is 0.552. The lowest BCUT2D eigenvalue weighted by molar-refractivity contribution is 0.232. The highest BCUT2D eigenvalue weighted by molar-refractivity contribution is 5.79. The number of aromatic nitrogens is 1. The first-order chi connectivity index (χ1) is 13.0. The van der Waals surface area contributed by atoms with E-state index in [0.717, 1.165) is 30.2 Å². The summed E-state index contributed by atoms with van der Waals surface area (Å²) in [6.07, 6.45) is 2.79. The molecule has 0 spiro atoms. The van der Waals surface area contributed by atoms with Gasteiger partial charge in [0.2, 0.25) is 5.88 Å². The molecule has 2 rings (SSSR count). The number of benzene rings is 1. The molecule has 1 aromatic carbocycles. The smallest absolute Gasteiger partial charge is 0.213 e. The van der Waals surface area contributed by atoms with Crippen LogP contribution in [0.2, 0.25) is 0 Å². The Bertz CT molecular complexity index is 742. The first kappa shape index (κ1) is 20.6. The van der Waals surface area contributed by atoms with Gasteiger partial charge in [-0.15, -0.1) is 0 Å². The number of nitrogens with zero attached hydrogens (tertiary/aromatic N) is 2. The summed E-state index contributed by atoms with van der Waals surface area (Å²) in [6.45, 7) is 7.46. The van der Waals surface area contributed by atoms with Crippen molar-refractivity contribution in [1.82, 2.24) is 15.6 Å². The van der Waals surface area contributed by atoms with Gasteiger partial charge in [-0.05, 0) is 44.4 Å². The van der Waals surface area contributed by atoms with E-state index in [2.05, 4.69) is 39.7 Å². The Morgan fingerprint density at radius 2 is 2.00 bits per heavy atom. The molecule has 2 aromatic rings. The van der Waals surface area contributed by atoms with Crippen LogP contribution in [-0.2, 0) is 13.0 Å². The number of rotatable bonds is 8. The fraction of sp³-hybridized carbons (Fsp3) is 0.429. The molecule has 146 valence electrons. The van der Waals surface area contributed by atoms with Gasteiger partial charge in [-0.1, -0.05) is 23.8 Å². The summed E-state index contributed by atoms with van der Waals surface area (Å²) < 4.78 is 11.0. The van der Waals surface area contributed by atoms with Crippen LogP contribution in [-0.4, -0.2) is 37.7 Å². The van der Waals surface area contributed by atoms with Crippen LogP contribution in [0.4, 0.5) is 0 Å². The minimum Gasteiger partial charge on any atom is -0.496 e. The Hall–Kier alpha value is -2.76. The van der Waals surface area contributed by atoms with E-state index < -0.39 is 0 Å². The molecule has 0 amide bonds. The van der Waals surface area contributed by atoms with Crippen molar-refractivity contribution in [2.24, 2.45) is 4.99 Å². The number of ether oxygens (including phenoxy) is 2. The van der Waals surface area contributed by atoms with Crippen LogP contribution in [0.5, 0.6) is 11.6 Å². The lowest BCUT2D eigenvalue weighted by atomic mass is 10.1. The molecule has 0 bridgehead atoms. The second kappa shape index (κ2) is 10.4. The number of nitrogens with one attached hydrogen (secondary N) is 2. The predicted octanol–water partition coefficient (Wildman–Crippen LogP) is 3.09. The van der Waals surface area contributed by atoms with Gasteiger partial charge in [-0.3, -0.25) is 4.99 Å². The van der Waals surface area contributed by atoms with Crippen LogP contribution in [0.3, 0.4) is 0 Å². The van der Waals surface area contributed by atoms with Gasteiger partial charge in [0.25, 0.3) is 0 Å². The minimum absolute atomic E-state index is 0.122. The van der Waals surface area contributed by atoms with Crippen LogP contribution in [0.15, 0.2) is 41.5 Å². The Kier molecular flexibility index (Phi) is 7.92. The highest BCUT2D eigenvalue weighted by Gasteiger charge is 2.05. The number of pyridine rings is 1. The molecule has 1 heterocycles. The van der Waals surface area contributed by atoms with Gasteiger partial charge in [-0.25, -0.2) is 4.98 Å². The molecule has 0 unspecified atom stereocenters. The van der Waals surface area contributed by atoms with Crippen LogP contribution in [0.25, 0.3) is 0 Å². The summed E-state index contributed by atoms with van der Waals surface area (Å²) in [7, 11) is 3.47. The number of guanidine groups is 1. The highest BCUT2D eigenvalue weighted by Crippen LogP contribution is 2.19. The van der Waals surface area contributed by atoms with Gasteiger partial charge in [0.15, 0.2) is 5.96 Å². The maximum absolute atomic E-state index is 5.56. The van der Waals surface area contributed by atoms with E-state index in [-0.39, 0.29) is 6.10 Å². The molecular weight excluding hydrogens is 340 g/mol. The van der Waals surface area contributed by atoms with Gasteiger partial charge >= 0.3 is 0 Å². The van der Waals surface area contributed by atoms with Gasteiger partial charge in [0.05, 0.1) is 13.2 Å². The van der Waals surface area contributed by atoms with Crippen molar-refractivity contribution < 1.29 is 9.47 Å². The number of methoxy groups -OCH3 is 1. The number of hydrogen-bond acceptors (Lipinski definition) is 4. The highest BCUT2D eigenvalue weighted by atomic mass is 16.5. The summed E-state index contributed by atoms with van der Waals surface area (Å²) in [5.41, 5.74) is 3.48. The normalized spacial score (nSPS) is 11.4. The SMILES string of the molecule is CN=C(NCCc1cc(C)ccc1OC)NCc1ccc(OC(C)C)nc1. The topological polar surface area (TPSA) is 67.8 Å². The largest absolute Gasteiger partial charge is 0.496 e. The second-order valence-electron chi connectivity index (χ2n) is 6.59. The Morgan fingerprint density at radius 3 is 2.63 bits per heavy atom. The van der Waals surface area contributed by atoms with E-state index in [1.54, 1.807) is 14.2 Å². The average Bonchev–Trinajstić information content (AvgIpc) is 2.65. The summed E-state index contributed by atoms with van der Waals surface area (Å²) >= 11 is 0. The van der Waals surface area contributed by atoms with Crippen molar-refractivity contribution >= 4 is 5.96 Å². The summed E-state index contributed by atoms with van der Waals surface area (Å²) in [6, 6.07) is 10.1. The molecule has 6 heteroatoms. The average molecular weight is 370 g/mol. The van der Waals surface area contributed by atoms with E-state index in [4.69, 9.17) is 9.47 Å². The van der Waals surface area contributed by atoms with E-state index in [0.29, 0.717) is 12.4 Å². The zero-order chi connectivity index (χ0) is 19.6. The molecule has 0 aliphatic rings. The van der Waals surface area contributed by atoms with Crippen molar-refractivity contribution in [3.63, 3.8) is 0 Å². The zero-order valence-corrected chi connectivity index (χ0v) is 16.9. The molecular formula is C21H30N4O2. The minimum atomic E-state index is 0.122. The van der Waals surface area contributed by atoms with Gasteiger partial charge in [-0.2, -0.15) is 0 Å². The van der Waals surface area contributed by atoms with Crippen LogP contribution >= 0.6 is 0 Å². The van der Waals surface area contributed by atoms with Crippen molar-refractivity contribution in [2.45, 2.75) is 39.8 Å². The third-order valence-electron chi connectivity index (χ3n) is 3.96. The zero-order valence-electron chi connectivity index (χ0n) is 16.9. The maximum atomic E-state index is 5.56. The molecule has 0 saturated carbocycles. The van der Waals surface area contributed by atoms with Crippen LogP contribution < -0.4 is 20.1 Å². The third-order valence-corrected chi connectivity index (χ3v) is 3.96. The molecule has 0 aliphatic carbocycles. The predicted molar refractivity (Wildman–Crippen MR) is 110 cm³/mol. The Labute approximate surface area is 162 Å². The van der Waals surface area contributed by atoms with Crippen molar-refractivity contribution in [1.29, 1.82) is 0 Å². The van der Waals surface area contributed by atoms with Gasteiger partial charge < -0.3 is 20.1 Å². The summed E-state index contributed by atoms with van der Waals surface area (Å²) in [5.74, 6) is 2.31. The van der Waals surface area contributed by atoms with E-state index in [1.807, 2.05) is 38.2 Å². The lowest BCUT2D eigenvalue weighted by Crippen LogP contribution is -2.37. The van der Waals surface area contributed by atoms with Crippen molar-refractivity contribution in [3.8, 4) is 11.6 Å². The van der Waals surface area contributed by atoms with Gasteiger partial charge in [0, 0.05) is 32.4 Å². The fourth-order valence-electron chi connectivity index (χ4n) is 2.65. The first-order valence-electron chi connectivity index (χ1n) is 9.21. The lowest BCUT2D eigenvalue weighted by Gasteiger charge is -2.14. The Balaban J connectivity index is 1.81. The maximum Gasteiger partial charge on any atom is 0.213 e. The van der Waals surface area contributed by atoms with Crippen LogP contribution in [0.1, 0.15) is 30.5 Å².